The molecular formula is C19H31N3O3. The molecule has 2 amide bonds. The lowest BCUT2D eigenvalue weighted by molar-refractivity contribution is -0.0205. The molecule has 1 aliphatic rings. The van der Waals surface area contributed by atoms with E-state index in [0.717, 1.165) is 18.8 Å². The molecule has 1 unspecified atom stereocenters. The van der Waals surface area contributed by atoms with Crippen molar-refractivity contribution in [1.82, 2.24) is 10.2 Å². The van der Waals surface area contributed by atoms with Gasteiger partial charge in [-0.05, 0) is 30.0 Å². The fraction of sp³-hybridized carbons (Fsp3) is 0.632. The van der Waals surface area contributed by atoms with Crippen LogP contribution in [0.3, 0.4) is 0 Å². The van der Waals surface area contributed by atoms with Crippen LogP contribution >= 0.6 is 0 Å². The van der Waals surface area contributed by atoms with Gasteiger partial charge in [0.05, 0.1) is 18.8 Å². The summed E-state index contributed by atoms with van der Waals surface area (Å²) < 4.78 is 5.31. The predicted molar refractivity (Wildman–Crippen MR) is 100 cm³/mol. The van der Waals surface area contributed by atoms with E-state index in [1.54, 1.807) is 6.92 Å². The van der Waals surface area contributed by atoms with Gasteiger partial charge in [0.1, 0.15) is 0 Å². The van der Waals surface area contributed by atoms with E-state index in [9.17, 15) is 9.90 Å². The third-order valence-electron chi connectivity index (χ3n) is 4.31. The van der Waals surface area contributed by atoms with E-state index < -0.39 is 5.60 Å². The zero-order valence-electron chi connectivity index (χ0n) is 15.8. The van der Waals surface area contributed by atoms with Crippen molar-refractivity contribution >= 4 is 11.7 Å². The summed E-state index contributed by atoms with van der Waals surface area (Å²) in [4.78, 5) is 14.2. The molecule has 0 aliphatic carbocycles. The van der Waals surface area contributed by atoms with Crippen molar-refractivity contribution in [3.8, 4) is 0 Å². The van der Waals surface area contributed by atoms with Crippen molar-refractivity contribution in [2.24, 2.45) is 0 Å². The van der Waals surface area contributed by atoms with Crippen molar-refractivity contribution in [3.05, 3.63) is 29.8 Å². The molecule has 0 spiro atoms. The number of rotatable bonds is 5. The van der Waals surface area contributed by atoms with Crippen molar-refractivity contribution in [2.75, 3.05) is 44.7 Å². The second-order valence-electron chi connectivity index (χ2n) is 8.02. The molecule has 25 heavy (non-hydrogen) atoms. The minimum absolute atomic E-state index is 0.0823. The van der Waals surface area contributed by atoms with Crippen molar-refractivity contribution in [3.63, 3.8) is 0 Å². The Labute approximate surface area is 150 Å². The second kappa shape index (κ2) is 8.17. The molecule has 3 N–H and O–H groups in total. The zero-order chi connectivity index (χ0) is 18.5. The third-order valence-corrected chi connectivity index (χ3v) is 4.31. The van der Waals surface area contributed by atoms with Crippen LogP contribution in [-0.4, -0.2) is 61.0 Å². The summed E-state index contributed by atoms with van der Waals surface area (Å²) in [7, 11) is 0. The molecule has 1 heterocycles. The number of carbonyl (C=O) groups excluding carboxylic acids is 1. The average molecular weight is 349 g/mol. The quantitative estimate of drug-likeness (QED) is 0.762. The van der Waals surface area contributed by atoms with Crippen LogP contribution in [0.25, 0.3) is 0 Å². The highest BCUT2D eigenvalue weighted by Gasteiger charge is 2.25. The molecule has 1 aromatic carbocycles. The van der Waals surface area contributed by atoms with Crippen LogP contribution in [0.4, 0.5) is 10.5 Å². The summed E-state index contributed by atoms with van der Waals surface area (Å²) in [5.74, 6) is 0. The molecule has 1 fully saturated rings. The molecular weight excluding hydrogens is 318 g/mol. The van der Waals surface area contributed by atoms with Crippen LogP contribution in [-0.2, 0) is 10.2 Å². The van der Waals surface area contributed by atoms with Gasteiger partial charge in [0.15, 0.2) is 0 Å². The van der Waals surface area contributed by atoms with E-state index in [1.807, 2.05) is 24.3 Å². The lowest BCUT2D eigenvalue weighted by atomic mass is 9.87. The van der Waals surface area contributed by atoms with E-state index in [-0.39, 0.29) is 18.0 Å². The van der Waals surface area contributed by atoms with E-state index >= 15 is 0 Å². The standard InChI is InChI=1S/C19H31N3O3/c1-18(2,3)15-5-7-16(8-6-15)21-17(23)20-13-19(4,24)14-22-9-11-25-12-10-22/h5-8,24H,9-14H2,1-4H3,(H2,20,21,23). The Kier molecular flexibility index (Phi) is 6.43. The van der Waals surface area contributed by atoms with Gasteiger partial charge in [-0.1, -0.05) is 32.9 Å². The first-order valence-corrected chi connectivity index (χ1v) is 8.84. The summed E-state index contributed by atoms with van der Waals surface area (Å²) >= 11 is 0. The number of carbonyl (C=O) groups is 1. The number of nitrogens with zero attached hydrogens (tertiary/aromatic N) is 1. The molecule has 0 aromatic heterocycles. The molecule has 1 aromatic rings. The van der Waals surface area contributed by atoms with Gasteiger partial charge < -0.3 is 20.5 Å². The van der Waals surface area contributed by atoms with Crippen LogP contribution in [0.2, 0.25) is 0 Å². The van der Waals surface area contributed by atoms with Gasteiger partial charge in [0.2, 0.25) is 0 Å². The molecule has 0 saturated carbocycles. The largest absolute Gasteiger partial charge is 0.387 e. The molecule has 1 aliphatic heterocycles. The van der Waals surface area contributed by atoms with Crippen molar-refractivity contribution < 1.29 is 14.6 Å². The van der Waals surface area contributed by atoms with Crippen LogP contribution in [0.1, 0.15) is 33.3 Å². The molecule has 6 heteroatoms. The number of anilines is 1. The van der Waals surface area contributed by atoms with Gasteiger partial charge in [-0.3, -0.25) is 4.90 Å². The fourth-order valence-electron chi connectivity index (χ4n) is 2.80. The summed E-state index contributed by atoms with van der Waals surface area (Å²) in [6.45, 7) is 11.9. The monoisotopic (exact) mass is 349 g/mol. The number of β-amino-alcohol motifs (C(OH)–C–C–N with tert-alkyl or cyclic N) is 1. The normalized spacial score (nSPS) is 18.4. The molecule has 140 valence electrons. The van der Waals surface area contributed by atoms with Crippen LogP contribution < -0.4 is 10.6 Å². The molecule has 0 radical (unpaired) electrons. The van der Waals surface area contributed by atoms with E-state index in [4.69, 9.17) is 4.74 Å². The van der Waals surface area contributed by atoms with Crippen LogP contribution in [0.5, 0.6) is 0 Å². The van der Waals surface area contributed by atoms with Gasteiger partial charge in [-0.25, -0.2) is 4.79 Å². The number of nitrogens with one attached hydrogen (secondary N) is 2. The Morgan fingerprint density at radius 1 is 1.16 bits per heavy atom. The van der Waals surface area contributed by atoms with Crippen molar-refractivity contribution in [2.45, 2.75) is 38.7 Å². The maximum atomic E-state index is 12.1. The van der Waals surface area contributed by atoms with Gasteiger partial charge in [0, 0.05) is 31.9 Å². The molecule has 1 saturated heterocycles. The number of hydrogen-bond donors (Lipinski definition) is 3. The SMILES string of the molecule is CC(O)(CNC(=O)Nc1ccc(C(C)(C)C)cc1)CN1CCOCC1. The summed E-state index contributed by atoms with van der Waals surface area (Å²) in [6, 6.07) is 7.51. The Balaban J connectivity index is 1.79. The second-order valence-corrected chi connectivity index (χ2v) is 8.02. The highest BCUT2D eigenvalue weighted by atomic mass is 16.5. The molecule has 2 rings (SSSR count). The van der Waals surface area contributed by atoms with Crippen LogP contribution in [0.15, 0.2) is 24.3 Å². The number of urea groups is 1. The average Bonchev–Trinajstić information content (AvgIpc) is 2.53. The summed E-state index contributed by atoms with van der Waals surface area (Å²) in [6.07, 6.45) is 0. The molecule has 6 nitrogen and oxygen atoms in total. The Morgan fingerprint density at radius 3 is 2.32 bits per heavy atom. The highest BCUT2D eigenvalue weighted by molar-refractivity contribution is 5.89. The first-order chi connectivity index (χ1) is 11.7. The van der Waals surface area contributed by atoms with Gasteiger partial charge >= 0.3 is 6.03 Å². The lowest BCUT2D eigenvalue weighted by Gasteiger charge is -2.33. The highest BCUT2D eigenvalue weighted by Crippen LogP contribution is 2.23. The topological polar surface area (TPSA) is 73.8 Å². The van der Waals surface area contributed by atoms with Crippen molar-refractivity contribution in [1.29, 1.82) is 0 Å². The molecule has 0 bridgehead atoms. The maximum Gasteiger partial charge on any atom is 0.319 e. The number of amides is 2. The number of benzene rings is 1. The van der Waals surface area contributed by atoms with Gasteiger partial charge in [-0.15, -0.1) is 0 Å². The Bertz CT molecular complexity index is 558. The summed E-state index contributed by atoms with van der Waals surface area (Å²) in [5, 5.41) is 16.0. The minimum atomic E-state index is -0.981. The molecule has 1 atom stereocenters. The first-order valence-electron chi connectivity index (χ1n) is 8.84. The first kappa shape index (κ1) is 19.7. The fourth-order valence-corrected chi connectivity index (χ4v) is 2.80. The zero-order valence-corrected chi connectivity index (χ0v) is 15.8. The maximum absolute atomic E-state index is 12.1. The van der Waals surface area contributed by atoms with Crippen LogP contribution in [0, 0.1) is 0 Å². The van der Waals surface area contributed by atoms with Gasteiger partial charge in [-0.2, -0.15) is 0 Å². The number of morpholine rings is 1. The number of hydrogen-bond acceptors (Lipinski definition) is 4. The van der Waals surface area contributed by atoms with E-state index in [2.05, 4.69) is 36.3 Å². The number of aliphatic hydroxyl groups is 1. The third kappa shape index (κ3) is 6.65. The Morgan fingerprint density at radius 2 is 1.76 bits per heavy atom. The Hall–Kier alpha value is -1.63. The number of ether oxygens (including phenoxy) is 1. The lowest BCUT2D eigenvalue weighted by Crippen LogP contribution is -2.51. The van der Waals surface area contributed by atoms with Gasteiger partial charge in [0.25, 0.3) is 0 Å². The smallest absolute Gasteiger partial charge is 0.319 e. The van der Waals surface area contributed by atoms with E-state index in [1.165, 1.54) is 5.56 Å². The minimum Gasteiger partial charge on any atom is -0.387 e. The van der Waals surface area contributed by atoms with E-state index in [0.29, 0.717) is 19.8 Å². The predicted octanol–water partition coefficient (Wildman–Crippen LogP) is 2.19. The summed E-state index contributed by atoms with van der Waals surface area (Å²) in [5.41, 5.74) is 1.05.